The van der Waals surface area contributed by atoms with E-state index in [2.05, 4.69) is 51.2 Å². The molecule has 14 N–H and O–H groups in total. The number of urea groups is 1. The van der Waals surface area contributed by atoms with Crippen molar-refractivity contribution in [3.63, 3.8) is 0 Å². The topological polar surface area (TPSA) is 508 Å². The van der Waals surface area contributed by atoms with Crippen LogP contribution in [0.25, 0.3) is 22.3 Å². The highest BCUT2D eigenvalue weighted by Gasteiger charge is 2.54. The molecule has 3 saturated heterocycles. The second kappa shape index (κ2) is 32.9. The van der Waals surface area contributed by atoms with Gasteiger partial charge in [-0.3, -0.25) is 46.9 Å². The predicted octanol–water partition coefficient (Wildman–Crippen LogP) is 1.70. The third-order valence-electron chi connectivity index (χ3n) is 15.5. The van der Waals surface area contributed by atoms with E-state index < -0.39 is 135 Å². The summed E-state index contributed by atoms with van der Waals surface area (Å²) in [7, 11) is 1.45. The zero-order valence-corrected chi connectivity index (χ0v) is 55.4. The number of amides is 6. The molecule has 3 aliphatic heterocycles. The molecule has 3 fully saturated rings. The van der Waals surface area contributed by atoms with Crippen LogP contribution >= 0.6 is 13.4 Å². The Kier molecular flexibility index (Phi) is 25.4. The van der Waals surface area contributed by atoms with Gasteiger partial charge in [-0.1, -0.05) is 32.9 Å². The number of carbonyl (C=O) groups is 8. The molecule has 7 heterocycles. The fourth-order valence-electron chi connectivity index (χ4n) is 10.5. The van der Waals surface area contributed by atoms with E-state index in [-0.39, 0.29) is 110 Å². The minimum Gasteiger partial charge on any atom is -0.481 e. The number of imidazole rings is 2. The maximum Gasteiger partial charge on any atom is 0.409 e. The summed E-state index contributed by atoms with van der Waals surface area (Å²) in [6.45, 7) is -4.96. The minimum absolute atomic E-state index is 0.00452. The van der Waals surface area contributed by atoms with Crippen molar-refractivity contribution in [3.8, 4) is 0 Å². The van der Waals surface area contributed by atoms with Crippen molar-refractivity contribution in [2.45, 2.75) is 140 Å². The van der Waals surface area contributed by atoms with E-state index in [0.29, 0.717) is 30.5 Å². The molecule has 5 aromatic rings. The number of nitrogen functional groups attached to an aromatic ring is 2. The van der Waals surface area contributed by atoms with Crippen molar-refractivity contribution < 1.29 is 95.4 Å². The molecule has 4 aromatic heterocycles. The van der Waals surface area contributed by atoms with Gasteiger partial charge in [-0.25, -0.2) is 39.5 Å². The largest absolute Gasteiger partial charge is 0.481 e. The number of ketones is 1. The Morgan fingerprint density at radius 3 is 1.98 bits per heavy atom. The number of carboxylic acids is 1. The van der Waals surface area contributed by atoms with Gasteiger partial charge in [0.2, 0.25) is 17.7 Å². The minimum atomic E-state index is -4.45. The molecule has 13 atom stereocenters. The second-order valence-electron chi connectivity index (χ2n) is 23.0. The van der Waals surface area contributed by atoms with Crippen LogP contribution in [0.3, 0.4) is 0 Å². The quantitative estimate of drug-likeness (QED) is 0.0193. The number of nitrogens with two attached hydrogens (primary N) is 3. The molecule has 3 unspecified atom stereocenters. The summed E-state index contributed by atoms with van der Waals surface area (Å²) in [5.41, 5.74) is 18.9. The van der Waals surface area contributed by atoms with Gasteiger partial charge in [0.1, 0.15) is 60.8 Å². The first-order valence-electron chi connectivity index (χ1n) is 30.1. The van der Waals surface area contributed by atoms with Crippen LogP contribution in [0.4, 0.5) is 26.9 Å². The van der Waals surface area contributed by atoms with Crippen molar-refractivity contribution in [2.75, 3.05) is 56.7 Å². The van der Waals surface area contributed by atoms with Crippen molar-refractivity contribution in [2.24, 2.45) is 23.5 Å². The van der Waals surface area contributed by atoms with E-state index in [1.54, 1.807) is 38.1 Å². The Balaban J connectivity index is 0.850. The second-order valence-corrected chi connectivity index (χ2v) is 28.6. The van der Waals surface area contributed by atoms with E-state index in [9.17, 15) is 53.2 Å². The Labute approximate surface area is 552 Å². The van der Waals surface area contributed by atoms with Crippen LogP contribution in [0.15, 0.2) is 49.6 Å². The summed E-state index contributed by atoms with van der Waals surface area (Å²) in [6.07, 6.45) is -6.82. The molecule has 518 valence electrons. The number of ether oxygens (including phenoxy) is 4. The first kappa shape index (κ1) is 73.2. The number of aliphatic carboxylic acids is 1. The van der Waals surface area contributed by atoms with Crippen LogP contribution in [0, 0.1) is 17.8 Å². The van der Waals surface area contributed by atoms with Gasteiger partial charge in [-0.15, -0.1) is 0 Å². The first-order chi connectivity index (χ1) is 45.1. The molecular weight excluding hydrogens is 1330 g/mol. The number of anilines is 3. The molecule has 6 amide bonds. The number of unbranched alkanes of at least 4 members (excludes halogenated alkanes) is 1. The van der Waals surface area contributed by atoms with Crippen molar-refractivity contribution in [3.05, 3.63) is 55.1 Å². The van der Waals surface area contributed by atoms with E-state index in [4.69, 9.17) is 83.0 Å². The number of carboxylic acid groups (broad SMARTS) is 1. The number of aromatic nitrogens is 8. The Morgan fingerprint density at radius 1 is 0.758 bits per heavy atom. The van der Waals surface area contributed by atoms with Gasteiger partial charge in [0.05, 0.1) is 38.3 Å². The van der Waals surface area contributed by atoms with Gasteiger partial charge in [-0.05, 0) is 79.3 Å². The zero-order chi connectivity index (χ0) is 68.9. The fourth-order valence-corrected chi connectivity index (χ4v) is 13.4. The Morgan fingerprint density at radius 2 is 1.36 bits per heavy atom. The van der Waals surface area contributed by atoms with Gasteiger partial charge in [0, 0.05) is 63.5 Å². The number of aliphatic hydroxyl groups is 1. The monoisotopic (exact) mass is 1410 g/mol. The number of Topliss-reactive ketones (excluding diaryl/α,β-unsaturated/α-hetero) is 1. The van der Waals surface area contributed by atoms with Gasteiger partial charge >= 0.3 is 37.5 Å². The van der Waals surface area contributed by atoms with E-state index in [1.165, 1.54) is 53.3 Å². The lowest BCUT2D eigenvalue weighted by molar-refractivity contribution is -0.158. The SMILES string of the molecule is CC(CC(=O)O)C(=O)NCCCCC(=O)N[C@H](C(=O)C[C@@H](CCCNC(N)=O)C(=O)Nc1ccc(COC(=O)N(C)CCCC(=O)O[C@@H]2[C@@H]3OP(O)(=S)OC[C@H]4O[C@@H](n5cnc6c(N)ncnc65)[C@H](OP(O)(=S)OC[C@H]3O[C@H]2n2cnc3c(N)ncnc32)[C@@H]4O)cc1)C(C)C. The number of nitrogens with one attached hydrogen (secondary N) is 4. The molecule has 2 bridgehead atoms. The average Bonchev–Trinajstić information content (AvgIpc) is 1.62. The number of nitrogens with zero attached hydrogens (tertiary/aromatic N) is 9. The van der Waals surface area contributed by atoms with Crippen LogP contribution in [0.5, 0.6) is 0 Å². The number of carbonyl (C=O) groups excluding carboxylic acids is 7. The number of fused-ring (bicyclic) bond motifs is 5. The number of rotatable bonds is 28. The van der Waals surface area contributed by atoms with Crippen molar-refractivity contribution in [1.29, 1.82) is 0 Å². The summed E-state index contributed by atoms with van der Waals surface area (Å²) in [6, 6.07) is 4.67. The lowest BCUT2D eigenvalue weighted by Crippen LogP contribution is -2.45. The van der Waals surface area contributed by atoms with Crippen molar-refractivity contribution >= 4 is 124 Å². The van der Waals surface area contributed by atoms with Crippen LogP contribution in [-0.2, 0) is 96.0 Å². The highest BCUT2D eigenvalue weighted by atomic mass is 32.5. The van der Waals surface area contributed by atoms with Crippen LogP contribution in [-0.4, -0.2) is 194 Å². The summed E-state index contributed by atoms with van der Waals surface area (Å²) in [4.78, 5) is 152. The number of aliphatic hydroxyl groups excluding tert-OH is 1. The number of esters is 1. The normalized spacial score (nSPS) is 24.6. The number of hydrogen-bond donors (Lipinski definition) is 11. The summed E-state index contributed by atoms with van der Waals surface area (Å²) >= 11 is 11.0. The molecular formula is C55H76N16O20P2S2. The van der Waals surface area contributed by atoms with Gasteiger partial charge < -0.3 is 91.4 Å². The smallest absolute Gasteiger partial charge is 0.409 e. The molecule has 8 rings (SSSR count). The third kappa shape index (κ3) is 19.8. The third-order valence-corrected chi connectivity index (χ3v) is 18.6. The zero-order valence-electron chi connectivity index (χ0n) is 51.9. The maximum atomic E-state index is 13.9. The fraction of sp³-hybridized carbons (Fsp3) is 0.564. The highest BCUT2D eigenvalue weighted by Crippen LogP contribution is 2.54. The molecule has 0 spiro atoms. The molecule has 0 aliphatic carbocycles. The Hall–Kier alpha value is -7.58. The first-order valence-corrected chi connectivity index (χ1v) is 35.2. The standard InChI is InChI=1S/C55H76N16O20P2S2/c1-28(2)39(68-36(73)10-5-6-16-59-50(78)29(3)19-37(74)75)33(72)20-31(9-7-17-60-54(58)80)51(79)67-32-14-12-30(13-15-32)21-84-55(81)69(4)18-8-11-38(76)89-45-43-35(88-53(45)71-27-66-41-47(57)62-25-64-49(41)71)23-86-93(83,95)91-44-42(77)34(22-85-92(82,94)90-43)87-52(44)70-26-65-40-46(56)61-24-63-48(40)70/h12-15,24-29,31,34-35,39,42-45,52-53,77H,5-11,16-23H2,1-4H3,(H,59,78)(H,67,79)(H,68,73)(H,74,75)(H,82,94)(H,83,95)(H2,56,61,63)(H2,57,62,64)(H3,58,60,80)/t29?,31-,34-,35-,39+,42-,43-,44-,45-,52-,53-,92?,93?/m1/s1. The number of benzene rings is 1. The highest BCUT2D eigenvalue weighted by molar-refractivity contribution is 8.07. The maximum absolute atomic E-state index is 13.9. The molecule has 95 heavy (non-hydrogen) atoms. The van der Waals surface area contributed by atoms with E-state index in [0.717, 1.165) is 0 Å². The molecule has 3 aliphatic rings. The number of hydrogen-bond acceptors (Lipinski definition) is 27. The Bertz CT molecular complexity index is 3690. The summed E-state index contributed by atoms with van der Waals surface area (Å²) < 4.78 is 50.6. The molecule has 1 aromatic carbocycles. The van der Waals surface area contributed by atoms with Gasteiger partial charge in [0.25, 0.3) is 0 Å². The predicted molar refractivity (Wildman–Crippen MR) is 340 cm³/mol. The molecule has 40 heteroatoms. The van der Waals surface area contributed by atoms with Gasteiger partial charge in [0.15, 0.2) is 47.3 Å². The molecule has 36 nitrogen and oxygen atoms in total. The molecule has 0 radical (unpaired) electrons. The number of primary amides is 1. The summed E-state index contributed by atoms with van der Waals surface area (Å²) in [5.74, 6) is -5.55. The van der Waals surface area contributed by atoms with E-state index in [1.807, 2.05) is 0 Å². The molecule has 0 saturated carbocycles. The van der Waals surface area contributed by atoms with Gasteiger partial charge in [-0.2, -0.15) is 0 Å². The van der Waals surface area contributed by atoms with Crippen LogP contribution < -0.4 is 38.5 Å². The van der Waals surface area contributed by atoms with Crippen LogP contribution in [0.2, 0.25) is 0 Å². The lowest BCUT2D eigenvalue weighted by atomic mass is 9.89. The average molecular weight is 1410 g/mol. The van der Waals surface area contributed by atoms with Crippen LogP contribution in [0.1, 0.15) is 96.6 Å². The van der Waals surface area contributed by atoms with Crippen molar-refractivity contribution in [1.82, 2.24) is 59.9 Å². The van der Waals surface area contributed by atoms with E-state index >= 15 is 0 Å². The lowest BCUT2D eigenvalue weighted by Gasteiger charge is -2.29. The summed E-state index contributed by atoms with van der Waals surface area (Å²) in [5, 5.41) is 31.2.